The Morgan fingerprint density at radius 1 is 1.38 bits per heavy atom. The number of ketones is 1. The van der Waals surface area contributed by atoms with Crippen molar-refractivity contribution in [2.45, 2.75) is 6.92 Å². The van der Waals surface area contributed by atoms with Gasteiger partial charge in [0.25, 0.3) is 0 Å². The Hall–Kier alpha value is -1.97. The van der Waals surface area contributed by atoms with Crippen molar-refractivity contribution in [3.63, 3.8) is 0 Å². The molecule has 0 bridgehead atoms. The molecule has 0 amide bonds. The lowest BCUT2D eigenvalue weighted by molar-refractivity contribution is 0.103. The molecule has 0 saturated carbocycles. The van der Waals surface area contributed by atoms with Gasteiger partial charge in [-0.3, -0.25) is 9.48 Å². The molecule has 0 saturated heterocycles. The average Bonchev–Trinajstić information content (AvgIpc) is 2.68. The van der Waals surface area contributed by atoms with Crippen molar-refractivity contribution in [1.82, 2.24) is 9.78 Å². The molecule has 0 fully saturated rings. The van der Waals surface area contributed by atoms with Crippen molar-refractivity contribution in [2.24, 2.45) is 7.05 Å². The molecule has 0 aliphatic rings. The quantitative estimate of drug-likeness (QED) is 0.723. The number of rotatable bonds is 2. The molecule has 0 unspecified atom stereocenters. The first kappa shape index (κ1) is 10.5. The summed E-state index contributed by atoms with van der Waals surface area (Å²) in [5.41, 5.74) is 1.34. The number of nitrogens with zero attached hydrogens (tertiary/aromatic N) is 2. The smallest absolute Gasteiger partial charge is 0.196 e. The molecule has 82 valence electrons. The van der Waals surface area contributed by atoms with E-state index in [1.165, 1.54) is 16.9 Å². The number of benzene rings is 1. The lowest BCUT2D eigenvalue weighted by atomic mass is 10.0. The van der Waals surface area contributed by atoms with E-state index in [4.69, 9.17) is 0 Å². The number of halogens is 1. The van der Waals surface area contributed by atoms with Crippen molar-refractivity contribution in [3.05, 3.63) is 53.1 Å². The standard InChI is InChI=1S/C12H11FN2O/c1-8-3-4-9(5-11(8)13)12(16)10-6-14-15(2)7-10/h3-7H,1-2H3. The van der Waals surface area contributed by atoms with Crippen LogP contribution in [0.5, 0.6) is 0 Å². The van der Waals surface area contributed by atoms with E-state index in [9.17, 15) is 9.18 Å². The molecular weight excluding hydrogens is 207 g/mol. The van der Waals surface area contributed by atoms with E-state index < -0.39 is 0 Å². The van der Waals surface area contributed by atoms with E-state index in [2.05, 4.69) is 5.10 Å². The van der Waals surface area contributed by atoms with Gasteiger partial charge in [0.1, 0.15) is 5.82 Å². The zero-order valence-corrected chi connectivity index (χ0v) is 9.07. The van der Waals surface area contributed by atoms with Crippen molar-refractivity contribution in [3.8, 4) is 0 Å². The average molecular weight is 218 g/mol. The summed E-state index contributed by atoms with van der Waals surface area (Å²) in [7, 11) is 1.73. The minimum Gasteiger partial charge on any atom is -0.288 e. The van der Waals surface area contributed by atoms with Gasteiger partial charge in [-0.2, -0.15) is 5.10 Å². The highest BCUT2D eigenvalue weighted by molar-refractivity contribution is 6.08. The van der Waals surface area contributed by atoms with Crippen LogP contribution in [0.15, 0.2) is 30.6 Å². The van der Waals surface area contributed by atoms with E-state index >= 15 is 0 Å². The monoisotopic (exact) mass is 218 g/mol. The van der Waals surface area contributed by atoms with Crippen LogP contribution in [0.2, 0.25) is 0 Å². The third kappa shape index (κ3) is 1.86. The minimum absolute atomic E-state index is 0.216. The largest absolute Gasteiger partial charge is 0.288 e. The molecular formula is C12H11FN2O. The third-order valence-corrected chi connectivity index (χ3v) is 2.40. The highest BCUT2D eigenvalue weighted by atomic mass is 19.1. The second-order valence-electron chi connectivity index (χ2n) is 3.70. The summed E-state index contributed by atoms with van der Waals surface area (Å²) in [6, 6.07) is 4.47. The van der Waals surface area contributed by atoms with Crippen molar-refractivity contribution in [2.75, 3.05) is 0 Å². The summed E-state index contributed by atoms with van der Waals surface area (Å²) < 4.78 is 14.8. The first-order chi connectivity index (χ1) is 7.58. The molecule has 1 aromatic carbocycles. The van der Waals surface area contributed by atoms with Crippen LogP contribution >= 0.6 is 0 Å². The van der Waals surface area contributed by atoms with Crippen LogP contribution in [0.4, 0.5) is 4.39 Å². The van der Waals surface area contributed by atoms with Crippen LogP contribution in [0.3, 0.4) is 0 Å². The molecule has 2 rings (SSSR count). The van der Waals surface area contributed by atoms with Gasteiger partial charge in [0.05, 0.1) is 11.8 Å². The summed E-state index contributed by atoms with van der Waals surface area (Å²) in [6.07, 6.45) is 3.08. The van der Waals surface area contributed by atoms with Crippen LogP contribution in [-0.4, -0.2) is 15.6 Å². The number of carbonyl (C=O) groups excluding carboxylic acids is 1. The number of carbonyl (C=O) groups is 1. The molecule has 1 aromatic heterocycles. The van der Waals surface area contributed by atoms with E-state index in [0.29, 0.717) is 16.7 Å². The van der Waals surface area contributed by atoms with E-state index in [1.807, 2.05) is 0 Å². The van der Waals surface area contributed by atoms with Gasteiger partial charge >= 0.3 is 0 Å². The van der Waals surface area contributed by atoms with Gasteiger partial charge in [0.15, 0.2) is 5.78 Å². The highest BCUT2D eigenvalue weighted by Crippen LogP contribution is 2.13. The van der Waals surface area contributed by atoms with Crippen LogP contribution in [-0.2, 0) is 7.05 Å². The van der Waals surface area contributed by atoms with Gasteiger partial charge in [-0.1, -0.05) is 12.1 Å². The van der Waals surface area contributed by atoms with Gasteiger partial charge in [-0.25, -0.2) is 4.39 Å². The molecule has 16 heavy (non-hydrogen) atoms. The van der Waals surface area contributed by atoms with Crippen molar-refractivity contribution in [1.29, 1.82) is 0 Å². The van der Waals surface area contributed by atoms with Gasteiger partial charge < -0.3 is 0 Å². The summed E-state index contributed by atoms with van der Waals surface area (Å²) in [5, 5.41) is 3.91. The second-order valence-corrected chi connectivity index (χ2v) is 3.70. The number of hydrogen-bond donors (Lipinski definition) is 0. The van der Waals surface area contributed by atoms with E-state index in [0.717, 1.165) is 0 Å². The summed E-state index contributed by atoms with van der Waals surface area (Å²) in [5.74, 6) is -0.582. The predicted octanol–water partition coefficient (Wildman–Crippen LogP) is 2.10. The maximum atomic E-state index is 13.3. The molecule has 0 N–H and O–H groups in total. The number of hydrogen-bond acceptors (Lipinski definition) is 2. The maximum Gasteiger partial charge on any atom is 0.196 e. The first-order valence-electron chi connectivity index (χ1n) is 4.87. The molecule has 0 radical (unpaired) electrons. The van der Waals surface area contributed by atoms with Crippen LogP contribution < -0.4 is 0 Å². The lowest BCUT2D eigenvalue weighted by Gasteiger charge is -2.00. The van der Waals surface area contributed by atoms with Crippen LogP contribution in [0.25, 0.3) is 0 Å². The Bertz CT molecular complexity index is 546. The SMILES string of the molecule is Cc1ccc(C(=O)c2cnn(C)c2)cc1F. The van der Waals surface area contributed by atoms with Crippen LogP contribution in [0, 0.1) is 12.7 Å². The molecule has 0 spiro atoms. The topological polar surface area (TPSA) is 34.9 Å². The summed E-state index contributed by atoms with van der Waals surface area (Å²) in [4.78, 5) is 11.9. The lowest BCUT2D eigenvalue weighted by Crippen LogP contribution is -2.01. The Kier molecular flexibility index (Phi) is 2.56. The molecule has 4 heteroatoms. The number of aryl methyl sites for hydroxylation is 2. The fraction of sp³-hybridized carbons (Fsp3) is 0.167. The fourth-order valence-electron chi connectivity index (χ4n) is 1.44. The van der Waals surface area contributed by atoms with Gasteiger partial charge in [0.2, 0.25) is 0 Å². The first-order valence-corrected chi connectivity index (χ1v) is 4.87. The van der Waals surface area contributed by atoms with Crippen LogP contribution in [0.1, 0.15) is 21.5 Å². The summed E-state index contributed by atoms with van der Waals surface area (Å²) in [6.45, 7) is 1.66. The Labute approximate surface area is 92.5 Å². The second kappa shape index (κ2) is 3.89. The van der Waals surface area contributed by atoms with Gasteiger partial charge in [0, 0.05) is 18.8 Å². The zero-order chi connectivity index (χ0) is 11.7. The molecule has 0 aliphatic carbocycles. The Morgan fingerprint density at radius 3 is 2.69 bits per heavy atom. The Morgan fingerprint density at radius 2 is 2.12 bits per heavy atom. The number of aromatic nitrogens is 2. The third-order valence-electron chi connectivity index (χ3n) is 2.40. The highest BCUT2D eigenvalue weighted by Gasteiger charge is 2.12. The van der Waals surface area contributed by atoms with Crippen molar-refractivity contribution >= 4 is 5.78 Å². The molecule has 0 atom stereocenters. The molecule has 0 aliphatic heterocycles. The summed E-state index contributed by atoms with van der Waals surface area (Å²) >= 11 is 0. The minimum atomic E-state index is -0.366. The predicted molar refractivity (Wildman–Crippen MR) is 57.8 cm³/mol. The van der Waals surface area contributed by atoms with E-state index in [1.54, 1.807) is 32.3 Å². The van der Waals surface area contributed by atoms with Crippen molar-refractivity contribution < 1.29 is 9.18 Å². The fourth-order valence-corrected chi connectivity index (χ4v) is 1.44. The molecule has 3 nitrogen and oxygen atoms in total. The van der Waals surface area contributed by atoms with E-state index in [-0.39, 0.29) is 11.6 Å². The maximum absolute atomic E-state index is 13.3. The molecule has 1 heterocycles. The Balaban J connectivity index is 2.38. The van der Waals surface area contributed by atoms with Gasteiger partial charge in [-0.15, -0.1) is 0 Å². The molecule has 2 aromatic rings. The normalized spacial score (nSPS) is 10.4. The zero-order valence-electron chi connectivity index (χ0n) is 9.07. The van der Waals surface area contributed by atoms with Gasteiger partial charge in [-0.05, 0) is 18.6 Å².